The molecule has 4 rings (SSSR count). The van der Waals surface area contributed by atoms with Gasteiger partial charge in [-0.05, 0) is 56.9 Å². The first-order valence-electron chi connectivity index (χ1n) is 10.9. The van der Waals surface area contributed by atoms with Crippen molar-refractivity contribution >= 4 is 39.9 Å². The normalized spacial score (nSPS) is 23.3. The maximum Gasteiger partial charge on any atom is 0.224 e. The number of hydrogen-bond acceptors (Lipinski definition) is 4. The molecule has 1 saturated carbocycles. The van der Waals surface area contributed by atoms with Crippen molar-refractivity contribution in [3.63, 3.8) is 0 Å². The first-order chi connectivity index (χ1) is 14.0. The van der Waals surface area contributed by atoms with Crippen LogP contribution in [0.3, 0.4) is 0 Å². The van der Waals surface area contributed by atoms with Crippen molar-refractivity contribution in [3.05, 3.63) is 29.3 Å². The molecule has 1 saturated heterocycles. The highest BCUT2D eigenvalue weighted by Gasteiger charge is 2.23. The lowest BCUT2D eigenvalue weighted by atomic mass is 9.87. The second-order valence-electron chi connectivity index (χ2n) is 8.79. The van der Waals surface area contributed by atoms with Crippen LogP contribution in [0, 0.1) is 5.92 Å². The largest absolute Gasteiger partial charge is 0.353 e. The smallest absolute Gasteiger partial charge is 0.224 e. The van der Waals surface area contributed by atoms with Crippen molar-refractivity contribution in [2.24, 2.45) is 5.92 Å². The molecule has 1 amide bonds. The number of anilines is 2. The molecule has 0 spiro atoms. The van der Waals surface area contributed by atoms with E-state index in [2.05, 4.69) is 29.4 Å². The zero-order valence-corrected chi connectivity index (χ0v) is 18.1. The van der Waals surface area contributed by atoms with Crippen molar-refractivity contribution in [1.29, 1.82) is 0 Å². The Bertz CT molecular complexity index is 871. The maximum absolute atomic E-state index is 12.7. The van der Waals surface area contributed by atoms with Crippen LogP contribution < -0.4 is 15.5 Å². The predicted molar refractivity (Wildman–Crippen MR) is 121 cm³/mol. The van der Waals surface area contributed by atoms with Gasteiger partial charge in [-0.1, -0.05) is 30.9 Å². The highest BCUT2D eigenvalue weighted by molar-refractivity contribution is 6.35. The number of carbonyl (C=O) groups is 1. The average Bonchev–Trinajstić information content (AvgIpc) is 2.70. The first kappa shape index (κ1) is 20.4. The van der Waals surface area contributed by atoms with E-state index in [0.717, 1.165) is 42.7 Å². The Morgan fingerprint density at radius 3 is 2.59 bits per heavy atom. The van der Waals surface area contributed by atoms with Gasteiger partial charge < -0.3 is 15.5 Å². The van der Waals surface area contributed by atoms with Gasteiger partial charge in [0, 0.05) is 37.0 Å². The highest BCUT2D eigenvalue weighted by Crippen LogP contribution is 2.33. The maximum atomic E-state index is 12.7. The van der Waals surface area contributed by atoms with Crippen LogP contribution in [0.5, 0.6) is 0 Å². The Balaban J connectivity index is 1.54. The third-order valence-electron chi connectivity index (χ3n) is 6.15. The van der Waals surface area contributed by atoms with Crippen molar-refractivity contribution in [2.75, 3.05) is 23.3 Å². The van der Waals surface area contributed by atoms with Gasteiger partial charge >= 0.3 is 0 Å². The van der Waals surface area contributed by atoms with Gasteiger partial charge in [-0.3, -0.25) is 4.79 Å². The minimum absolute atomic E-state index is 0.0557. The van der Waals surface area contributed by atoms with Gasteiger partial charge in [0.05, 0.1) is 16.2 Å². The van der Waals surface area contributed by atoms with Crippen LogP contribution in [0.1, 0.15) is 52.4 Å². The van der Waals surface area contributed by atoms with Gasteiger partial charge in [0.15, 0.2) is 0 Å². The van der Waals surface area contributed by atoms with Crippen molar-refractivity contribution < 1.29 is 4.79 Å². The van der Waals surface area contributed by atoms with E-state index in [-0.39, 0.29) is 5.91 Å². The third-order valence-corrected chi connectivity index (χ3v) is 6.47. The minimum Gasteiger partial charge on any atom is -0.353 e. The molecule has 2 aliphatic rings. The molecule has 29 heavy (non-hydrogen) atoms. The number of pyridine rings is 1. The summed E-state index contributed by atoms with van der Waals surface area (Å²) >= 11 is 6.46. The number of carbonyl (C=O) groups excluding carboxylic acids is 1. The first-order valence-corrected chi connectivity index (χ1v) is 11.3. The lowest BCUT2D eigenvalue weighted by Gasteiger charge is -2.37. The van der Waals surface area contributed by atoms with Crippen LogP contribution in [-0.4, -0.2) is 36.1 Å². The van der Waals surface area contributed by atoms with E-state index >= 15 is 0 Å². The van der Waals surface area contributed by atoms with Crippen LogP contribution in [-0.2, 0) is 4.79 Å². The predicted octanol–water partition coefficient (Wildman–Crippen LogP) is 4.98. The van der Waals surface area contributed by atoms with Crippen LogP contribution in [0.4, 0.5) is 11.5 Å². The van der Waals surface area contributed by atoms with E-state index in [1.54, 1.807) is 0 Å². The summed E-state index contributed by atoms with van der Waals surface area (Å²) in [6, 6.07) is 8.71. The minimum atomic E-state index is 0.0557. The molecule has 6 heteroatoms. The molecular formula is C23H31ClN4O. The van der Waals surface area contributed by atoms with Crippen LogP contribution >= 0.6 is 11.6 Å². The molecule has 1 aromatic heterocycles. The van der Waals surface area contributed by atoms with Crippen molar-refractivity contribution in [1.82, 2.24) is 10.3 Å². The van der Waals surface area contributed by atoms with Gasteiger partial charge in [0.2, 0.25) is 5.91 Å². The van der Waals surface area contributed by atoms with E-state index in [1.165, 1.54) is 19.3 Å². The summed E-state index contributed by atoms with van der Waals surface area (Å²) in [5.74, 6) is 1.53. The number of hydrogen-bond donors (Lipinski definition) is 2. The van der Waals surface area contributed by atoms with Crippen LogP contribution in [0.15, 0.2) is 24.3 Å². The Morgan fingerprint density at radius 2 is 1.86 bits per heavy atom. The summed E-state index contributed by atoms with van der Waals surface area (Å²) < 4.78 is 0. The molecular weight excluding hydrogens is 384 g/mol. The highest BCUT2D eigenvalue weighted by atomic mass is 35.5. The summed E-state index contributed by atoms with van der Waals surface area (Å²) in [4.78, 5) is 19.9. The zero-order valence-electron chi connectivity index (χ0n) is 17.4. The third kappa shape index (κ3) is 4.84. The summed E-state index contributed by atoms with van der Waals surface area (Å²) in [5, 5.41) is 8.09. The van der Waals surface area contributed by atoms with Crippen LogP contribution in [0.2, 0.25) is 5.02 Å². The van der Waals surface area contributed by atoms with Gasteiger partial charge in [0.1, 0.15) is 5.82 Å². The molecule has 2 fully saturated rings. The molecule has 2 atom stereocenters. The fourth-order valence-electron chi connectivity index (χ4n) is 4.83. The van der Waals surface area contributed by atoms with Gasteiger partial charge in [-0.15, -0.1) is 0 Å². The molecule has 0 radical (unpaired) electrons. The molecule has 1 aliphatic heterocycles. The molecule has 0 bridgehead atoms. The fraction of sp³-hybridized carbons (Fsp3) is 0.565. The van der Waals surface area contributed by atoms with Gasteiger partial charge in [-0.2, -0.15) is 0 Å². The number of halogens is 1. The summed E-state index contributed by atoms with van der Waals surface area (Å²) in [6.07, 6.45) is 6.67. The number of rotatable bonds is 4. The Labute approximate surface area is 178 Å². The van der Waals surface area contributed by atoms with E-state index in [1.807, 2.05) is 24.3 Å². The summed E-state index contributed by atoms with van der Waals surface area (Å²) in [5.41, 5.74) is 1.55. The number of nitrogens with one attached hydrogen (secondary N) is 2. The summed E-state index contributed by atoms with van der Waals surface area (Å²) in [7, 11) is 0. The van der Waals surface area contributed by atoms with Crippen molar-refractivity contribution in [2.45, 2.75) is 64.5 Å². The molecule has 5 nitrogen and oxygen atoms in total. The van der Waals surface area contributed by atoms with Gasteiger partial charge in [-0.25, -0.2) is 4.98 Å². The molecule has 2 N–H and O–H groups in total. The zero-order chi connectivity index (χ0) is 20.4. The lowest BCUT2D eigenvalue weighted by Crippen LogP contribution is -2.54. The van der Waals surface area contributed by atoms with E-state index < -0.39 is 0 Å². The summed E-state index contributed by atoms with van der Waals surface area (Å²) in [6.45, 7) is 6.26. The SMILES string of the molecule is C[C@@H]1CN(c2ccc3c(NC(=O)CC4CCCCC4)c(Cl)ccc3n2)C[C@H](C)N1. The molecule has 1 aromatic carbocycles. The molecule has 2 heterocycles. The monoisotopic (exact) mass is 414 g/mol. The standard InChI is InChI=1S/C23H31ClN4O/c1-15-13-28(14-16(2)25-15)21-11-8-18-20(26-21)10-9-19(24)23(18)27-22(29)12-17-6-4-3-5-7-17/h8-11,15-17,25H,3-7,12-14H2,1-2H3,(H,27,29)/t15-,16+. The van der Waals surface area contributed by atoms with E-state index in [9.17, 15) is 4.79 Å². The quantitative estimate of drug-likeness (QED) is 0.740. The van der Waals surface area contributed by atoms with Crippen LogP contribution in [0.25, 0.3) is 10.9 Å². The second kappa shape index (κ2) is 8.88. The number of aromatic nitrogens is 1. The Morgan fingerprint density at radius 1 is 1.14 bits per heavy atom. The van der Waals surface area contributed by atoms with Gasteiger partial charge in [0.25, 0.3) is 0 Å². The Hall–Kier alpha value is -1.85. The number of nitrogens with zero attached hydrogens (tertiary/aromatic N) is 2. The lowest BCUT2D eigenvalue weighted by molar-refractivity contribution is -0.117. The number of piperazine rings is 1. The number of benzene rings is 1. The van der Waals surface area contributed by atoms with E-state index in [4.69, 9.17) is 16.6 Å². The average molecular weight is 415 g/mol. The number of amides is 1. The molecule has 2 aromatic rings. The molecule has 1 aliphatic carbocycles. The number of fused-ring (bicyclic) bond motifs is 1. The topological polar surface area (TPSA) is 57.3 Å². The Kier molecular flexibility index (Phi) is 6.26. The second-order valence-corrected chi connectivity index (χ2v) is 9.20. The van der Waals surface area contributed by atoms with Crippen molar-refractivity contribution in [3.8, 4) is 0 Å². The molecule has 156 valence electrons. The van der Waals surface area contributed by atoms with E-state index in [0.29, 0.717) is 35.1 Å². The molecule has 0 unspecified atom stereocenters. The fourth-order valence-corrected chi connectivity index (χ4v) is 5.04.